The van der Waals surface area contributed by atoms with Crippen LogP contribution in [0, 0.1) is 5.41 Å². The largest absolute Gasteiger partial charge is 0.497 e. The van der Waals surface area contributed by atoms with Gasteiger partial charge >= 0.3 is 0 Å². The summed E-state index contributed by atoms with van der Waals surface area (Å²) in [5.74, 6) is -0.135. The van der Waals surface area contributed by atoms with Gasteiger partial charge in [0.25, 0.3) is 5.91 Å². The van der Waals surface area contributed by atoms with Crippen molar-refractivity contribution in [1.82, 2.24) is 20.6 Å². The number of ketones is 1. The molecule has 2 atom stereocenters. The number of aromatic amines is 1. The first-order chi connectivity index (χ1) is 16.9. The number of benzene rings is 2. The van der Waals surface area contributed by atoms with Crippen molar-refractivity contribution < 1.29 is 19.1 Å². The monoisotopic (exact) mass is 474 g/mol. The fraction of sp³-hybridized carbons (Fsp3) is 0.333. The van der Waals surface area contributed by atoms with E-state index in [2.05, 4.69) is 20.6 Å². The van der Waals surface area contributed by atoms with Gasteiger partial charge in [-0.05, 0) is 42.5 Å². The van der Waals surface area contributed by atoms with Gasteiger partial charge in [0.15, 0.2) is 5.78 Å². The molecule has 3 aromatic rings. The Kier molecular flexibility index (Phi) is 7.29. The Labute approximate surface area is 204 Å². The number of nitrogens with zero attached hydrogens (tertiary/aromatic N) is 1. The van der Waals surface area contributed by atoms with E-state index in [1.54, 1.807) is 19.2 Å². The molecule has 35 heavy (non-hydrogen) atoms. The van der Waals surface area contributed by atoms with Crippen molar-refractivity contribution in [3.63, 3.8) is 0 Å². The second kappa shape index (κ2) is 10.5. The van der Waals surface area contributed by atoms with Crippen LogP contribution in [0.2, 0.25) is 0 Å². The number of hydrogen-bond donors (Lipinski definition) is 3. The number of carbonyl (C=O) groups is 3. The van der Waals surface area contributed by atoms with E-state index in [1.165, 1.54) is 12.5 Å². The summed E-state index contributed by atoms with van der Waals surface area (Å²) in [6.07, 6.45) is 5.08. The van der Waals surface area contributed by atoms with Crippen LogP contribution < -0.4 is 15.4 Å². The summed E-state index contributed by atoms with van der Waals surface area (Å²) in [5, 5.41) is 5.75. The Balaban J connectivity index is 1.54. The van der Waals surface area contributed by atoms with Crippen LogP contribution >= 0.6 is 0 Å². The van der Waals surface area contributed by atoms with Gasteiger partial charge in [-0.2, -0.15) is 0 Å². The third-order valence-corrected chi connectivity index (χ3v) is 6.47. The molecule has 8 nitrogen and oxygen atoms in total. The van der Waals surface area contributed by atoms with E-state index in [4.69, 9.17) is 4.74 Å². The molecule has 3 N–H and O–H groups in total. The first-order valence-electron chi connectivity index (χ1n) is 11.7. The SMILES string of the molecule is COc1ccc(C[C@H](NC(=O)c2cnc[nH]2)C(=O)N[C@@H](Cc2ccccc2)C(=O)C2(C)CC2)cc1. The summed E-state index contributed by atoms with van der Waals surface area (Å²) in [4.78, 5) is 46.2. The van der Waals surface area contributed by atoms with Gasteiger partial charge in [-0.25, -0.2) is 4.98 Å². The van der Waals surface area contributed by atoms with Crippen molar-refractivity contribution >= 4 is 17.6 Å². The zero-order valence-electron chi connectivity index (χ0n) is 19.9. The molecule has 1 aromatic heterocycles. The number of hydrogen-bond acceptors (Lipinski definition) is 5. The summed E-state index contributed by atoms with van der Waals surface area (Å²) in [5.41, 5.74) is 1.65. The summed E-state index contributed by atoms with van der Waals surface area (Å²) in [6.45, 7) is 1.94. The van der Waals surface area contributed by atoms with Gasteiger partial charge in [-0.3, -0.25) is 14.4 Å². The zero-order chi connectivity index (χ0) is 24.8. The number of amides is 2. The molecular formula is C27H30N4O4. The van der Waals surface area contributed by atoms with Crippen LogP contribution in [0.4, 0.5) is 0 Å². The van der Waals surface area contributed by atoms with E-state index in [0.29, 0.717) is 12.2 Å². The van der Waals surface area contributed by atoms with Gasteiger partial charge < -0.3 is 20.4 Å². The number of carbonyl (C=O) groups excluding carboxylic acids is 3. The fourth-order valence-electron chi connectivity index (χ4n) is 4.01. The molecule has 1 aliphatic carbocycles. The lowest BCUT2D eigenvalue weighted by molar-refractivity contribution is -0.131. The second-order valence-electron chi connectivity index (χ2n) is 9.22. The molecule has 2 aromatic carbocycles. The van der Waals surface area contributed by atoms with E-state index in [1.807, 2.05) is 49.4 Å². The maximum absolute atomic E-state index is 13.5. The Morgan fingerprint density at radius 3 is 2.23 bits per heavy atom. The Hall–Kier alpha value is -3.94. The normalized spacial score (nSPS) is 15.5. The van der Waals surface area contributed by atoms with Gasteiger partial charge in [0.1, 0.15) is 17.5 Å². The van der Waals surface area contributed by atoms with Gasteiger partial charge in [0.05, 0.1) is 25.7 Å². The van der Waals surface area contributed by atoms with Crippen molar-refractivity contribution in [3.8, 4) is 5.75 Å². The highest BCUT2D eigenvalue weighted by molar-refractivity contribution is 5.98. The average Bonchev–Trinajstić information content (AvgIpc) is 3.39. The van der Waals surface area contributed by atoms with Crippen LogP contribution in [-0.2, 0) is 22.4 Å². The van der Waals surface area contributed by atoms with Gasteiger partial charge in [0.2, 0.25) is 5.91 Å². The third kappa shape index (κ3) is 6.15. The molecule has 0 aliphatic heterocycles. The number of imidazole rings is 1. The topological polar surface area (TPSA) is 113 Å². The first-order valence-corrected chi connectivity index (χ1v) is 11.7. The smallest absolute Gasteiger partial charge is 0.270 e. The van der Waals surface area contributed by atoms with E-state index in [9.17, 15) is 14.4 Å². The number of Topliss-reactive ketones (excluding diaryl/α,β-unsaturated/α-hetero) is 1. The lowest BCUT2D eigenvalue weighted by Crippen LogP contribution is -2.54. The molecule has 182 valence electrons. The highest BCUT2D eigenvalue weighted by Gasteiger charge is 2.48. The van der Waals surface area contributed by atoms with Gasteiger partial charge in [-0.1, -0.05) is 49.4 Å². The van der Waals surface area contributed by atoms with Crippen molar-refractivity contribution in [2.45, 2.75) is 44.7 Å². The fourth-order valence-corrected chi connectivity index (χ4v) is 4.01. The molecule has 2 amide bonds. The number of rotatable bonds is 11. The maximum Gasteiger partial charge on any atom is 0.270 e. The number of ether oxygens (including phenoxy) is 1. The predicted molar refractivity (Wildman–Crippen MR) is 131 cm³/mol. The Morgan fingerprint density at radius 1 is 0.971 bits per heavy atom. The molecule has 1 aliphatic rings. The summed E-state index contributed by atoms with van der Waals surface area (Å²) < 4.78 is 5.21. The molecule has 0 radical (unpaired) electrons. The van der Waals surface area contributed by atoms with Crippen molar-refractivity contribution in [3.05, 3.63) is 83.9 Å². The Morgan fingerprint density at radius 2 is 1.63 bits per heavy atom. The van der Waals surface area contributed by atoms with Crippen LogP contribution in [0.25, 0.3) is 0 Å². The molecule has 0 saturated heterocycles. The third-order valence-electron chi connectivity index (χ3n) is 6.47. The second-order valence-corrected chi connectivity index (χ2v) is 9.22. The van der Waals surface area contributed by atoms with Crippen molar-refractivity contribution in [2.24, 2.45) is 5.41 Å². The number of nitrogens with one attached hydrogen (secondary N) is 3. The predicted octanol–water partition coefficient (Wildman–Crippen LogP) is 2.86. The Bertz CT molecular complexity index is 1160. The van der Waals surface area contributed by atoms with E-state index in [-0.39, 0.29) is 17.9 Å². The molecule has 0 bridgehead atoms. The lowest BCUT2D eigenvalue weighted by Gasteiger charge is -2.25. The molecule has 1 fully saturated rings. The summed E-state index contributed by atoms with van der Waals surface area (Å²) >= 11 is 0. The minimum Gasteiger partial charge on any atom is -0.497 e. The first kappa shape index (κ1) is 24.2. The molecule has 1 saturated carbocycles. The summed E-state index contributed by atoms with van der Waals surface area (Å²) in [6, 6.07) is 15.3. The van der Waals surface area contributed by atoms with Crippen LogP contribution in [0.3, 0.4) is 0 Å². The summed E-state index contributed by atoms with van der Waals surface area (Å²) in [7, 11) is 1.58. The highest BCUT2D eigenvalue weighted by Crippen LogP contribution is 2.46. The molecule has 1 heterocycles. The average molecular weight is 475 g/mol. The standard InChI is InChI=1S/C27H30N4O4/c1-27(12-13-27)24(32)21(14-18-6-4-3-5-7-18)30-25(33)22(31-26(34)23-16-28-17-29-23)15-19-8-10-20(35-2)11-9-19/h3-11,16-17,21-22H,12-15H2,1-2H3,(H,28,29)(H,30,33)(H,31,34)/t21-,22-/m0/s1. The van der Waals surface area contributed by atoms with Crippen LogP contribution in [0.15, 0.2) is 67.1 Å². The number of aromatic nitrogens is 2. The number of H-pyrrole nitrogens is 1. The molecule has 4 rings (SSSR count). The van der Waals surface area contributed by atoms with E-state index in [0.717, 1.165) is 24.0 Å². The highest BCUT2D eigenvalue weighted by atomic mass is 16.5. The van der Waals surface area contributed by atoms with Crippen LogP contribution in [-0.4, -0.2) is 46.8 Å². The van der Waals surface area contributed by atoms with Gasteiger partial charge in [-0.15, -0.1) is 0 Å². The lowest BCUT2D eigenvalue weighted by atomic mass is 9.92. The maximum atomic E-state index is 13.5. The minimum absolute atomic E-state index is 0.0257. The van der Waals surface area contributed by atoms with Crippen LogP contribution in [0.5, 0.6) is 5.75 Å². The minimum atomic E-state index is -0.891. The molecule has 0 spiro atoms. The van der Waals surface area contributed by atoms with E-state index >= 15 is 0 Å². The molecular weight excluding hydrogens is 444 g/mol. The van der Waals surface area contributed by atoms with Gasteiger partial charge in [0, 0.05) is 11.8 Å². The zero-order valence-corrected chi connectivity index (χ0v) is 19.9. The van der Waals surface area contributed by atoms with Crippen molar-refractivity contribution in [2.75, 3.05) is 7.11 Å². The molecule has 0 unspecified atom stereocenters. The van der Waals surface area contributed by atoms with E-state index < -0.39 is 29.3 Å². The van der Waals surface area contributed by atoms with Crippen molar-refractivity contribution in [1.29, 1.82) is 0 Å². The molecule has 8 heteroatoms. The van der Waals surface area contributed by atoms with Crippen LogP contribution in [0.1, 0.15) is 41.4 Å². The number of methoxy groups -OCH3 is 1. The quantitative estimate of drug-likeness (QED) is 0.396.